The quantitative estimate of drug-likeness (QED) is 0.576. The van der Waals surface area contributed by atoms with Crippen molar-refractivity contribution >= 4 is 11.8 Å². The highest BCUT2D eigenvalue weighted by Crippen LogP contribution is 2.28. The fraction of sp³-hybridized carbons (Fsp3) is 0.680. The molecular formula is C25H40N4O3. The molecule has 0 radical (unpaired) electrons. The Labute approximate surface area is 192 Å². The second kappa shape index (κ2) is 12.3. The molecule has 1 saturated heterocycles. The zero-order valence-electron chi connectivity index (χ0n) is 19.7. The van der Waals surface area contributed by atoms with Gasteiger partial charge in [0.2, 0.25) is 11.8 Å². The number of nitrogens with two attached hydrogens (primary N) is 1. The van der Waals surface area contributed by atoms with Gasteiger partial charge >= 0.3 is 0 Å². The molecule has 0 aromatic heterocycles. The Morgan fingerprint density at radius 2 is 1.94 bits per heavy atom. The predicted octanol–water partition coefficient (Wildman–Crippen LogP) is 2.01. The van der Waals surface area contributed by atoms with Gasteiger partial charge in [-0.1, -0.05) is 36.8 Å². The van der Waals surface area contributed by atoms with Crippen molar-refractivity contribution in [3.63, 3.8) is 0 Å². The third-order valence-corrected chi connectivity index (χ3v) is 7.10. The molecule has 1 aromatic rings. The van der Waals surface area contributed by atoms with Crippen LogP contribution < -0.4 is 11.1 Å². The molecule has 7 nitrogen and oxygen atoms in total. The average molecular weight is 445 g/mol. The second-order valence-electron chi connectivity index (χ2n) is 9.41. The SMILES string of the molecule is COCCN(Cc1ccccc1)C1CC(C(=O)NCC2CCCC(CN)C2)N(C(C)=O)C1. The largest absolute Gasteiger partial charge is 0.383 e. The molecule has 4 atom stereocenters. The van der Waals surface area contributed by atoms with E-state index in [-0.39, 0.29) is 17.9 Å². The first-order valence-electron chi connectivity index (χ1n) is 12.0. The lowest BCUT2D eigenvalue weighted by atomic mass is 9.81. The molecule has 0 spiro atoms. The Kier molecular flexibility index (Phi) is 9.51. The molecule has 1 aliphatic heterocycles. The predicted molar refractivity (Wildman–Crippen MR) is 126 cm³/mol. The Balaban J connectivity index is 1.62. The number of methoxy groups -OCH3 is 1. The van der Waals surface area contributed by atoms with E-state index >= 15 is 0 Å². The summed E-state index contributed by atoms with van der Waals surface area (Å²) in [5.41, 5.74) is 7.08. The van der Waals surface area contributed by atoms with Crippen LogP contribution in [0.4, 0.5) is 0 Å². The molecule has 7 heteroatoms. The van der Waals surface area contributed by atoms with Crippen LogP contribution in [0.5, 0.6) is 0 Å². The Hall–Kier alpha value is -1.96. The van der Waals surface area contributed by atoms with Crippen molar-refractivity contribution in [1.82, 2.24) is 15.1 Å². The van der Waals surface area contributed by atoms with E-state index in [1.54, 1.807) is 18.9 Å². The van der Waals surface area contributed by atoms with Crippen molar-refractivity contribution in [2.24, 2.45) is 17.6 Å². The zero-order valence-corrected chi connectivity index (χ0v) is 19.7. The van der Waals surface area contributed by atoms with Gasteiger partial charge in [0.1, 0.15) is 6.04 Å². The summed E-state index contributed by atoms with van der Waals surface area (Å²) in [6, 6.07) is 10.0. The minimum Gasteiger partial charge on any atom is -0.383 e. The standard InChI is InChI=1S/C25H40N4O3/c1-19(30)29-18-23(28(11-12-32-2)17-20-7-4-3-5-8-20)14-24(29)25(31)27-16-22-10-6-9-21(13-22)15-26/h3-5,7-8,21-24H,6,9-18,26H2,1-2H3,(H,27,31). The molecule has 2 amide bonds. The van der Waals surface area contributed by atoms with Crippen molar-refractivity contribution in [2.75, 3.05) is 39.9 Å². The van der Waals surface area contributed by atoms with Crippen molar-refractivity contribution < 1.29 is 14.3 Å². The number of hydrogen-bond acceptors (Lipinski definition) is 5. The van der Waals surface area contributed by atoms with Crippen LogP contribution >= 0.6 is 0 Å². The van der Waals surface area contributed by atoms with Gasteiger partial charge < -0.3 is 20.7 Å². The summed E-state index contributed by atoms with van der Waals surface area (Å²) < 4.78 is 5.33. The number of carbonyl (C=O) groups excluding carboxylic acids is 2. The zero-order chi connectivity index (χ0) is 22.9. The summed E-state index contributed by atoms with van der Waals surface area (Å²) in [6.07, 6.45) is 5.26. The third-order valence-electron chi connectivity index (χ3n) is 7.10. The maximum Gasteiger partial charge on any atom is 0.242 e. The normalized spacial score (nSPS) is 25.8. The van der Waals surface area contributed by atoms with Gasteiger partial charge in [0.25, 0.3) is 0 Å². The van der Waals surface area contributed by atoms with Gasteiger partial charge in [-0.2, -0.15) is 0 Å². The van der Waals surface area contributed by atoms with E-state index in [1.807, 2.05) is 18.2 Å². The average Bonchev–Trinajstić information content (AvgIpc) is 3.27. The number of likely N-dealkylation sites (tertiary alicyclic amines) is 1. The molecule has 2 aliphatic rings. The highest BCUT2D eigenvalue weighted by atomic mass is 16.5. The number of hydrogen-bond donors (Lipinski definition) is 2. The van der Waals surface area contributed by atoms with Gasteiger partial charge in [0.15, 0.2) is 0 Å². The molecule has 178 valence electrons. The molecule has 1 aromatic carbocycles. The molecule has 2 fully saturated rings. The van der Waals surface area contributed by atoms with E-state index in [9.17, 15) is 9.59 Å². The van der Waals surface area contributed by atoms with Crippen LogP contribution in [0.1, 0.15) is 44.6 Å². The lowest BCUT2D eigenvalue weighted by Gasteiger charge is -2.29. The molecule has 1 aliphatic carbocycles. The molecule has 1 saturated carbocycles. The summed E-state index contributed by atoms with van der Waals surface area (Å²) in [5.74, 6) is 0.993. The molecule has 0 bridgehead atoms. The number of rotatable bonds is 10. The molecule has 3 rings (SSSR count). The lowest BCUT2D eigenvalue weighted by Crippen LogP contribution is -2.46. The summed E-state index contributed by atoms with van der Waals surface area (Å²) in [6.45, 7) is 5.70. The summed E-state index contributed by atoms with van der Waals surface area (Å²) in [4.78, 5) is 29.6. The van der Waals surface area contributed by atoms with Crippen LogP contribution in [0.25, 0.3) is 0 Å². The van der Waals surface area contributed by atoms with Crippen LogP contribution in [-0.2, 0) is 20.9 Å². The lowest BCUT2D eigenvalue weighted by molar-refractivity contribution is -0.137. The number of benzene rings is 1. The highest BCUT2D eigenvalue weighted by molar-refractivity contribution is 5.87. The number of amides is 2. The van der Waals surface area contributed by atoms with Crippen molar-refractivity contribution in [3.05, 3.63) is 35.9 Å². The smallest absolute Gasteiger partial charge is 0.242 e. The second-order valence-corrected chi connectivity index (χ2v) is 9.41. The third kappa shape index (κ3) is 6.77. The fourth-order valence-corrected chi connectivity index (χ4v) is 5.26. The van der Waals surface area contributed by atoms with Crippen LogP contribution in [0.2, 0.25) is 0 Å². The van der Waals surface area contributed by atoms with Gasteiger partial charge in [-0.05, 0) is 49.6 Å². The van der Waals surface area contributed by atoms with Gasteiger partial charge in [-0.15, -0.1) is 0 Å². The summed E-state index contributed by atoms with van der Waals surface area (Å²) >= 11 is 0. The van der Waals surface area contributed by atoms with E-state index in [2.05, 4.69) is 22.3 Å². The number of nitrogens with zero attached hydrogens (tertiary/aromatic N) is 2. The van der Waals surface area contributed by atoms with Crippen LogP contribution in [0.15, 0.2) is 30.3 Å². The number of nitrogens with one attached hydrogen (secondary N) is 1. The first kappa shape index (κ1) is 24.7. The number of ether oxygens (including phenoxy) is 1. The number of carbonyl (C=O) groups is 2. The van der Waals surface area contributed by atoms with Crippen LogP contribution in [-0.4, -0.2) is 73.6 Å². The van der Waals surface area contributed by atoms with E-state index in [1.165, 1.54) is 18.4 Å². The molecule has 32 heavy (non-hydrogen) atoms. The Bertz CT molecular complexity index is 729. The highest BCUT2D eigenvalue weighted by Gasteiger charge is 2.40. The van der Waals surface area contributed by atoms with Crippen LogP contribution in [0.3, 0.4) is 0 Å². The minimum absolute atomic E-state index is 0.0241. The molecule has 4 unspecified atom stereocenters. The summed E-state index contributed by atoms with van der Waals surface area (Å²) in [5, 5.41) is 3.16. The van der Waals surface area contributed by atoms with Crippen molar-refractivity contribution in [1.29, 1.82) is 0 Å². The van der Waals surface area contributed by atoms with Gasteiger partial charge in [0, 0.05) is 46.3 Å². The molecule has 3 N–H and O–H groups in total. The van der Waals surface area contributed by atoms with E-state index in [0.29, 0.717) is 38.0 Å². The first-order valence-corrected chi connectivity index (χ1v) is 12.0. The van der Waals surface area contributed by atoms with E-state index < -0.39 is 6.04 Å². The van der Waals surface area contributed by atoms with E-state index in [0.717, 1.165) is 32.5 Å². The maximum absolute atomic E-state index is 13.1. The van der Waals surface area contributed by atoms with Crippen molar-refractivity contribution in [2.45, 2.75) is 57.7 Å². The Morgan fingerprint density at radius 3 is 2.62 bits per heavy atom. The molecule has 1 heterocycles. The molecular weight excluding hydrogens is 404 g/mol. The van der Waals surface area contributed by atoms with Gasteiger partial charge in [-0.3, -0.25) is 14.5 Å². The maximum atomic E-state index is 13.1. The minimum atomic E-state index is -0.410. The van der Waals surface area contributed by atoms with Gasteiger partial charge in [-0.25, -0.2) is 0 Å². The van der Waals surface area contributed by atoms with Gasteiger partial charge in [0.05, 0.1) is 6.61 Å². The topological polar surface area (TPSA) is 87.9 Å². The summed E-state index contributed by atoms with van der Waals surface area (Å²) in [7, 11) is 1.70. The van der Waals surface area contributed by atoms with Crippen LogP contribution in [0, 0.1) is 11.8 Å². The monoisotopic (exact) mass is 444 g/mol. The van der Waals surface area contributed by atoms with E-state index in [4.69, 9.17) is 10.5 Å². The first-order chi connectivity index (χ1) is 15.5. The fourth-order valence-electron chi connectivity index (χ4n) is 5.26. The van der Waals surface area contributed by atoms with Crippen molar-refractivity contribution in [3.8, 4) is 0 Å². The Morgan fingerprint density at radius 1 is 1.19 bits per heavy atom.